The first-order valence-corrected chi connectivity index (χ1v) is 6.14. The van der Waals surface area contributed by atoms with Crippen LogP contribution in [-0.4, -0.2) is 40.6 Å². The summed E-state index contributed by atoms with van der Waals surface area (Å²) in [5, 5.41) is 0.294. The SMILES string of the molecule is C=CCOC(=O)N1C[C@@H](SC(C)=O)C[C@@H]1C. The van der Waals surface area contributed by atoms with Gasteiger partial charge in [-0.15, -0.1) is 0 Å². The molecule has 4 nitrogen and oxygen atoms in total. The molecule has 1 rings (SSSR count). The minimum Gasteiger partial charge on any atom is -0.445 e. The fraction of sp³-hybridized carbons (Fsp3) is 0.636. The van der Waals surface area contributed by atoms with Crippen molar-refractivity contribution < 1.29 is 14.3 Å². The molecule has 1 fully saturated rings. The van der Waals surface area contributed by atoms with Gasteiger partial charge in [-0.25, -0.2) is 4.79 Å². The van der Waals surface area contributed by atoms with Gasteiger partial charge in [0.25, 0.3) is 0 Å². The number of hydrogen-bond donors (Lipinski definition) is 0. The molecule has 1 heterocycles. The molecule has 1 amide bonds. The van der Waals surface area contributed by atoms with Crippen molar-refractivity contribution in [3.63, 3.8) is 0 Å². The molecule has 0 saturated carbocycles. The summed E-state index contributed by atoms with van der Waals surface area (Å²) in [5.41, 5.74) is 0. The Morgan fingerprint density at radius 1 is 1.62 bits per heavy atom. The molecule has 2 atom stereocenters. The van der Waals surface area contributed by atoms with Crippen LogP contribution in [0.3, 0.4) is 0 Å². The lowest BCUT2D eigenvalue weighted by molar-refractivity contribution is -0.109. The van der Waals surface area contributed by atoms with E-state index >= 15 is 0 Å². The molecule has 16 heavy (non-hydrogen) atoms. The van der Waals surface area contributed by atoms with Gasteiger partial charge < -0.3 is 9.64 Å². The Hall–Kier alpha value is -0.970. The summed E-state index contributed by atoms with van der Waals surface area (Å²) < 4.78 is 4.97. The number of rotatable bonds is 3. The highest BCUT2D eigenvalue weighted by Gasteiger charge is 2.34. The normalized spacial score (nSPS) is 24.2. The first-order chi connectivity index (χ1) is 7.54. The molecule has 1 aliphatic rings. The number of thioether (sulfide) groups is 1. The van der Waals surface area contributed by atoms with Gasteiger partial charge in [0.2, 0.25) is 0 Å². The molecule has 5 heteroatoms. The summed E-state index contributed by atoms with van der Waals surface area (Å²) in [6.45, 7) is 7.82. The smallest absolute Gasteiger partial charge is 0.410 e. The van der Waals surface area contributed by atoms with Crippen LogP contribution in [0.2, 0.25) is 0 Å². The number of ether oxygens (including phenoxy) is 1. The maximum absolute atomic E-state index is 11.6. The molecule has 0 aromatic heterocycles. The van der Waals surface area contributed by atoms with Gasteiger partial charge in [0, 0.05) is 24.8 Å². The Labute approximate surface area is 100 Å². The predicted octanol–water partition coefficient (Wildman–Crippen LogP) is 2.05. The van der Waals surface area contributed by atoms with Gasteiger partial charge in [-0.3, -0.25) is 4.79 Å². The fourth-order valence-electron chi connectivity index (χ4n) is 1.77. The van der Waals surface area contributed by atoms with Gasteiger partial charge in [0.05, 0.1) is 0 Å². The third-order valence-corrected chi connectivity index (χ3v) is 3.43. The topological polar surface area (TPSA) is 46.6 Å². The summed E-state index contributed by atoms with van der Waals surface area (Å²) in [4.78, 5) is 24.2. The third kappa shape index (κ3) is 3.56. The molecule has 1 saturated heterocycles. The van der Waals surface area contributed by atoms with Crippen molar-refractivity contribution in [2.24, 2.45) is 0 Å². The van der Waals surface area contributed by atoms with E-state index in [-0.39, 0.29) is 29.1 Å². The maximum Gasteiger partial charge on any atom is 0.410 e. The lowest BCUT2D eigenvalue weighted by atomic mass is 10.2. The second-order valence-electron chi connectivity index (χ2n) is 3.83. The van der Waals surface area contributed by atoms with Gasteiger partial charge in [0.1, 0.15) is 6.61 Å². The molecule has 0 N–H and O–H groups in total. The van der Waals surface area contributed by atoms with E-state index in [0.717, 1.165) is 6.42 Å². The summed E-state index contributed by atoms with van der Waals surface area (Å²) in [6, 6.07) is 0.133. The van der Waals surface area contributed by atoms with Crippen LogP contribution in [0.1, 0.15) is 20.3 Å². The summed E-state index contributed by atoms with van der Waals surface area (Å²) in [5.74, 6) is 0. The fourth-order valence-corrected chi connectivity index (χ4v) is 2.85. The van der Waals surface area contributed by atoms with E-state index in [1.165, 1.54) is 11.8 Å². The quantitative estimate of drug-likeness (QED) is 0.712. The Kier molecular flexibility index (Phi) is 4.86. The van der Waals surface area contributed by atoms with E-state index in [1.54, 1.807) is 17.9 Å². The maximum atomic E-state index is 11.6. The number of carbonyl (C=O) groups is 2. The monoisotopic (exact) mass is 243 g/mol. The zero-order chi connectivity index (χ0) is 12.1. The third-order valence-electron chi connectivity index (χ3n) is 2.43. The number of nitrogens with zero attached hydrogens (tertiary/aromatic N) is 1. The van der Waals surface area contributed by atoms with E-state index in [0.29, 0.717) is 6.54 Å². The van der Waals surface area contributed by atoms with Gasteiger partial charge in [-0.1, -0.05) is 24.4 Å². The molecule has 0 aliphatic carbocycles. The molecule has 0 aromatic carbocycles. The molecule has 90 valence electrons. The van der Waals surface area contributed by atoms with Crippen LogP contribution in [0.15, 0.2) is 12.7 Å². The summed E-state index contributed by atoms with van der Waals surface area (Å²) in [6.07, 6.45) is 2.06. The van der Waals surface area contributed by atoms with Crippen LogP contribution in [0, 0.1) is 0 Å². The molecule has 0 unspecified atom stereocenters. The van der Waals surface area contributed by atoms with E-state index in [9.17, 15) is 9.59 Å². The van der Waals surface area contributed by atoms with E-state index in [4.69, 9.17) is 4.74 Å². The van der Waals surface area contributed by atoms with E-state index in [2.05, 4.69) is 6.58 Å². The zero-order valence-corrected chi connectivity index (χ0v) is 10.5. The first kappa shape index (κ1) is 13.1. The second kappa shape index (κ2) is 5.94. The highest BCUT2D eigenvalue weighted by Crippen LogP contribution is 2.28. The van der Waals surface area contributed by atoms with Crippen molar-refractivity contribution in [2.75, 3.05) is 13.2 Å². The molecule has 0 spiro atoms. The van der Waals surface area contributed by atoms with Crippen LogP contribution in [-0.2, 0) is 9.53 Å². The van der Waals surface area contributed by atoms with Gasteiger partial charge in [0.15, 0.2) is 5.12 Å². The van der Waals surface area contributed by atoms with Crippen molar-refractivity contribution in [3.8, 4) is 0 Å². The predicted molar refractivity (Wildman–Crippen MR) is 64.4 cm³/mol. The number of likely N-dealkylation sites (tertiary alicyclic amines) is 1. The summed E-state index contributed by atoms with van der Waals surface area (Å²) in [7, 11) is 0. The largest absolute Gasteiger partial charge is 0.445 e. The Morgan fingerprint density at radius 2 is 2.31 bits per heavy atom. The second-order valence-corrected chi connectivity index (χ2v) is 5.31. The lowest BCUT2D eigenvalue weighted by Gasteiger charge is -2.20. The van der Waals surface area contributed by atoms with Gasteiger partial charge >= 0.3 is 6.09 Å². The minimum absolute atomic E-state index is 0.0958. The first-order valence-electron chi connectivity index (χ1n) is 5.26. The van der Waals surface area contributed by atoms with Crippen LogP contribution in [0.4, 0.5) is 4.79 Å². The number of amides is 1. The number of hydrogen-bond acceptors (Lipinski definition) is 4. The molecule has 0 bridgehead atoms. The van der Waals surface area contributed by atoms with Crippen molar-refractivity contribution in [3.05, 3.63) is 12.7 Å². The van der Waals surface area contributed by atoms with Crippen LogP contribution in [0.25, 0.3) is 0 Å². The molecule has 0 radical (unpaired) electrons. The standard InChI is InChI=1S/C11H17NO3S/c1-4-5-15-11(14)12-7-10(6-8(12)2)16-9(3)13/h4,8,10H,1,5-7H2,2-3H3/t8-,10-/m0/s1. The van der Waals surface area contributed by atoms with Gasteiger partial charge in [-0.05, 0) is 13.3 Å². The zero-order valence-electron chi connectivity index (χ0n) is 9.64. The van der Waals surface area contributed by atoms with Gasteiger partial charge in [-0.2, -0.15) is 0 Å². The average molecular weight is 243 g/mol. The Balaban J connectivity index is 2.46. The van der Waals surface area contributed by atoms with Crippen LogP contribution < -0.4 is 0 Å². The molecular formula is C11H17NO3S. The van der Waals surface area contributed by atoms with Crippen molar-refractivity contribution in [1.82, 2.24) is 4.90 Å². The summed E-state index contributed by atoms with van der Waals surface area (Å²) >= 11 is 1.30. The van der Waals surface area contributed by atoms with Crippen LogP contribution in [0.5, 0.6) is 0 Å². The Morgan fingerprint density at radius 3 is 2.88 bits per heavy atom. The molecule has 1 aliphatic heterocycles. The van der Waals surface area contributed by atoms with E-state index in [1.807, 2.05) is 6.92 Å². The minimum atomic E-state index is -0.320. The van der Waals surface area contributed by atoms with Crippen LogP contribution >= 0.6 is 11.8 Å². The Bertz CT molecular complexity index is 293. The lowest BCUT2D eigenvalue weighted by Crippen LogP contribution is -2.34. The van der Waals surface area contributed by atoms with E-state index < -0.39 is 0 Å². The average Bonchev–Trinajstić information content (AvgIpc) is 2.54. The van der Waals surface area contributed by atoms with Crippen molar-refractivity contribution in [1.29, 1.82) is 0 Å². The highest BCUT2D eigenvalue weighted by molar-refractivity contribution is 8.14. The van der Waals surface area contributed by atoms with Crippen molar-refractivity contribution >= 4 is 23.0 Å². The highest BCUT2D eigenvalue weighted by atomic mass is 32.2. The molecule has 0 aromatic rings. The van der Waals surface area contributed by atoms with Crippen molar-refractivity contribution in [2.45, 2.75) is 31.6 Å². The molecular weight excluding hydrogens is 226 g/mol. The number of carbonyl (C=O) groups excluding carboxylic acids is 2.